The van der Waals surface area contributed by atoms with Gasteiger partial charge in [-0.2, -0.15) is 4.72 Å². The number of quaternary nitrogens is 1. The van der Waals surface area contributed by atoms with Gasteiger partial charge in [0, 0.05) is 61.1 Å². The number of aryl methyl sites for hydroxylation is 2. The number of hydrogen-bond acceptors (Lipinski definition) is 8. The normalized spacial score (nSPS) is 17.1. The average molecular weight is 800 g/mol. The lowest BCUT2D eigenvalue weighted by Crippen LogP contribution is -3.00. The highest BCUT2D eigenvalue weighted by Crippen LogP contribution is 2.35. The number of nitrogens with one attached hydrogen (secondary N) is 1. The van der Waals surface area contributed by atoms with Gasteiger partial charge in [-0.15, -0.1) is 0 Å². The Morgan fingerprint density at radius 3 is 2.37 bits per heavy atom. The molecule has 0 saturated carbocycles. The van der Waals surface area contributed by atoms with Crippen LogP contribution < -0.4 is 27.6 Å². The number of nitrogens with zero attached hydrogens (tertiary/aromatic N) is 4. The number of fused-ring (bicyclic) bond motifs is 1. The van der Waals surface area contributed by atoms with Crippen molar-refractivity contribution in [3.63, 3.8) is 0 Å². The van der Waals surface area contributed by atoms with Crippen LogP contribution in [0.25, 0.3) is 10.9 Å². The van der Waals surface area contributed by atoms with Crippen LogP contribution in [-0.2, 0) is 31.0 Å². The summed E-state index contributed by atoms with van der Waals surface area (Å²) in [6.45, 7) is 6.21. The molecule has 0 radical (unpaired) electrons. The van der Waals surface area contributed by atoms with Crippen molar-refractivity contribution in [1.82, 2.24) is 19.5 Å². The minimum absolute atomic E-state index is 0. The second-order valence-electron chi connectivity index (χ2n) is 14.5. The van der Waals surface area contributed by atoms with Crippen molar-refractivity contribution < 1.29 is 44.4 Å². The molecule has 0 bridgehead atoms. The first kappa shape index (κ1) is 42.0. The van der Waals surface area contributed by atoms with Crippen LogP contribution in [0, 0.1) is 13.8 Å². The number of halogens is 3. The van der Waals surface area contributed by atoms with Crippen molar-refractivity contribution in [2.45, 2.75) is 62.6 Å². The van der Waals surface area contributed by atoms with Gasteiger partial charge in [-0.1, -0.05) is 35.3 Å². The Kier molecular flexibility index (Phi) is 13.9. The predicted octanol–water partition coefficient (Wildman–Crippen LogP) is 1.05. The lowest BCUT2D eigenvalue weighted by Gasteiger charge is -2.43. The van der Waals surface area contributed by atoms with Crippen molar-refractivity contribution >= 4 is 55.9 Å². The molecule has 1 aromatic heterocycles. The van der Waals surface area contributed by atoms with E-state index in [-0.39, 0.29) is 90.5 Å². The number of sulfonamides is 1. The van der Waals surface area contributed by atoms with E-state index >= 15 is 0 Å². The zero-order valence-corrected chi connectivity index (χ0v) is 33.5. The molecule has 1 atom stereocenters. The number of piperazine rings is 1. The van der Waals surface area contributed by atoms with E-state index in [1.807, 2.05) is 32.0 Å². The van der Waals surface area contributed by atoms with Gasteiger partial charge >= 0.3 is 0 Å². The third-order valence-electron chi connectivity index (χ3n) is 9.57. The SMILES string of the molecule is Cc1cc(C)c2cccc(OCc3c(Cl)ccc(S(=O)(=O)NC4(C(=O)N5CCN(C(=O)[C@@H](N)CCC[N+](C)(C)C)CC5)CCOCC4)c3Cl)c2n1.[Cl-]. The Bertz CT molecular complexity index is 1880. The molecule has 2 aliphatic heterocycles. The summed E-state index contributed by atoms with van der Waals surface area (Å²) in [6, 6.07) is 9.78. The van der Waals surface area contributed by atoms with Crippen LogP contribution in [0.1, 0.15) is 42.5 Å². The molecule has 2 aliphatic rings. The Hall–Kier alpha value is -2.75. The van der Waals surface area contributed by atoms with Gasteiger partial charge in [0.15, 0.2) is 0 Å². The zero-order valence-electron chi connectivity index (χ0n) is 30.4. The van der Waals surface area contributed by atoms with Gasteiger partial charge < -0.3 is 41.9 Å². The van der Waals surface area contributed by atoms with Crippen LogP contribution in [0.15, 0.2) is 41.3 Å². The molecule has 286 valence electrons. The topological polar surface area (TPSA) is 144 Å². The summed E-state index contributed by atoms with van der Waals surface area (Å²) in [5.74, 6) is 0.00807. The number of rotatable bonds is 12. The highest BCUT2D eigenvalue weighted by atomic mass is 35.5. The van der Waals surface area contributed by atoms with Crippen LogP contribution in [0.3, 0.4) is 0 Å². The summed E-state index contributed by atoms with van der Waals surface area (Å²) in [6.07, 6.45) is 1.68. The van der Waals surface area contributed by atoms with E-state index in [9.17, 15) is 18.0 Å². The largest absolute Gasteiger partial charge is 1.00 e. The smallest absolute Gasteiger partial charge is 0.244 e. The number of pyridine rings is 1. The first-order valence-corrected chi connectivity index (χ1v) is 19.5. The average Bonchev–Trinajstić information content (AvgIpc) is 3.07. The minimum atomic E-state index is -4.35. The number of carbonyl (C=O) groups excluding carboxylic acids is 2. The Balaban J connectivity index is 0.00000605. The second-order valence-corrected chi connectivity index (χ2v) is 17.0. The maximum Gasteiger partial charge on any atom is 0.244 e. The van der Waals surface area contributed by atoms with Crippen LogP contribution >= 0.6 is 23.2 Å². The lowest BCUT2D eigenvalue weighted by molar-refractivity contribution is -0.870. The molecule has 5 rings (SSSR count). The number of hydrogen-bond donors (Lipinski definition) is 2. The number of para-hydroxylation sites is 1. The van der Waals surface area contributed by atoms with Crippen molar-refractivity contribution in [3.8, 4) is 5.75 Å². The van der Waals surface area contributed by atoms with Gasteiger partial charge in [0.2, 0.25) is 21.8 Å². The van der Waals surface area contributed by atoms with Crippen molar-refractivity contribution in [2.24, 2.45) is 5.73 Å². The quantitative estimate of drug-likeness (QED) is 0.259. The molecule has 2 fully saturated rings. The van der Waals surface area contributed by atoms with E-state index in [2.05, 4.69) is 30.8 Å². The van der Waals surface area contributed by atoms with Gasteiger partial charge in [-0.3, -0.25) is 9.59 Å². The molecule has 3 aromatic rings. The molecule has 2 saturated heterocycles. The fourth-order valence-electron chi connectivity index (χ4n) is 6.71. The van der Waals surface area contributed by atoms with Crippen LogP contribution in [0.4, 0.5) is 0 Å². The van der Waals surface area contributed by atoms with Gasteiger partial charge in [-0.25, -0.2) is 13.4 Å². The molecule has 0 aliphatic carbocycles. The number of ether oxygens (including phenoxy) is 2. The Labute approximate surface area is 322 Å². The maximum atomic E-state index is 14.2. The minimum Gasteiger partial charge on any atom is -1.00 e. The third kappa shape index (κ3) is 9.67. The summed E-state index contributed by atoms with van der Waals surface area (Å²) in [4.78, 5) is 35.0. The summed E-state index contributed by atoms with van der Waals surface area (Å²) >= 11 is 13.3. The van der Waals surface area contributed by atoms with E-state index < -0.39 is 21.6 Å². The fourth-order valence-corrected chi connectivity index (χ4v) is 9.01. The number of nitrogens with two attached hydrogens (primary N) is 1. The Morgan fingerprint density at radius 1 is 1.06 bits per heavy atom. The maximum absolute atomic E-state index is 14.2. The molecule has 2 amide bonds. The molecule has 0 unspecified atom stereocenters. The van der Waals surface area contributed by atoms with E-state index in [1.54, 1.807) is 15.9 Å². The number of amides is 2. The summed E-state index contributed by atoms with van der Waals surface area (Å²) in [7, 11) is 1.94. The van der Waals surface area contributed by atoms with Gasteiger partial charge in [0.1, 0.15) is 28.3 Å². The standard InChI is InChI=1S/C36H49Cl2N6O6S.ClH/c1-24-22-25(2)40-33-26(24)8-6-10-30(33)50-23-27-28(37)11-12-31(32(27)38)51(47,48)41-36(13-20-49-21-14-36)35(46)43-17-15-42(16-18-43)34(45)29(39)9-7-19-44(3,4)5;/h6,8,10-12,22,29,41H,7,9,13-21,23,39H2,1-5H3;1H/q+1;/p-1/t29-;/m0./s1. The molecule has 12 nitrogen and oxygen atoms in total. The first-order chi connectivity index (χ1) is 24.0. The number of carbonyl (C=O) groups is 2. The van der Waals surface area contributed by atoms with Crippen LogP contribution in [0.5, 0.6) is 5.75 Å². The van der Waals surface area contributed by atoms with Crippen molar-refractivity contribution in [3.05, 3.63) is 63.3 Å². The molecular formula is C36H49Cl3N6O6S. The van der Waals surface area contributed by atoms with Gasteiger partial charge in [0.25, 0.3) is 0 Å². The van der Waals surface area contributed by atoms with Crippen LogP contribution in [0.2, 0.25) is 10.0 Å². The summed E-state index contributed by atoms with van der Waals surface area (Å²) < 4.78 is 43.4. The van der Waals surface area contributed by atoms with Crippen molar-refractivity contribution in [1.29, 1.82) is 0 Å². The summed E-state index contributed by atoms with van der Waals surface area (Å²) in [5, 5.41) is 1.07. The first-order valence-electron chi connectivity index (χ1n) is 17.2. The molecule has 2 aromatic carbocycles. The predicted molar refractivity (Wildman–Crippen MR) is 198 cm³/mol. The Morgan fingerprint density at radius 2 is 1.71 bits per heavy atom. The monoisotopic (exact) mass is 798 g/mol. The van der Waals surface area contributed by atoms with E-state index in [4.69, 9.17) is 38.4 Å². The number of benzene rings is 2. The highest BCUT2D eigenvalue weighted by Gasteiger charge is 2.47. The molecule has 3 N–H and O–H groups in total. The molecular weight excluding hydrogens is 751 g/mol. The lowest BCUT2D eigenvalue weighted by atomic mass is 9.89. The van der Waals surface area contributed by atoms with E-state index in [0.29, 0.717) is 30.8 Å². The molecule has 16 heteroatoms. The molecule has 52 heavy (non-hydrogen) atoms. The van der Waals surface area contributed by atoms with Gasteiger partial charge in [0.05, 0.1) is 38.8 Å². The highest BCUT2D eigenvalue weighted by molar-refractivity contribution is 7.89. The second kappa shape index (κ2) is 17.2. The summed E-state index contributed by atoms with van der Waals surface area (Å²) in [5.41, 5.74) is 7.63. The van der Waals surface area contributed by atoms with Crippen LogP contribution in [-0.4, -0.2) is 118 Å². The van der Waals surface area contributed by atoms with Gasteiger partial charge in [-0.05, 0) is 69.4 Å². The fraction of sp³-hybridized carbons (Fsp3) is 0.528. The molecule has 0 spiro atoms. The van der Waals surface area contributed by atoms with Crippen molar-refractivity contribution in [2.75, 3.05) is 67.1 Å². The third-order valence-corrected chi connectivity index (χ3v) is 12.1. The van der Waals surface area contributed by atoms with E-state index in [0.717, 1.165) is 34.1 Å². The number of aromatic nitrogens is 1. The molecule has 3 heterocycles. The zero-order chi connectivity index (χ0) is 37.1. The van der Waals surface area contributed by atoms with E-state index in [1.165, 1.54) is 12.1 Å².